The second kappa shape index (κ2) is 65.4. The molecule has 64 heteroatoms. The second-order valence-electron chi connectivity index (χ2n) is 35.2. The van der Waals surface area contributed by atoms with Crippen LogP contribution in [0.4, 0.5) is 0 Å². The molecule has 0 aromatic heterocycles. The molecule has 4 fully saturated rings. The average Bonchev–Trinajstić information content (AvgIpc) is 1.67. The monoisotopic (exact) mass is 2350 g/mol. The molecule has 8 atom stereocenters. The van der Waals surface area contributed by atoms with Crippen LogP contribution in [0.2, 0.25) is 96.7 Å². The molecule has 2 saturated heterocycles. The fourth-order valence-electron chi connectivity index (χ4n) is 21.2. The quantitative estimate of drug-likeness (QED) is 0.0405. The van der Waals surface area contributed by atoms with Crippen molar-refractivity contribution in [2.75, 3.05) is 269 Å². The summed E-state index contributed by atoms with van der Waals surface area (Å²) in [4.78, 5) is 61.0. The highest BCUT2D eigenvalue weighted by Gasteiger charge is 2.71. The number of hydrogen-bond acceptors (Lipinski definition) is 46. The number of hydrogen-bond donors (Lipinski definition) is 0. The van der Waals surface area contributed by atoms with Crippen molar-refractivity contribution in [3.8, 4) is 0 Å². The fourth-order valence-corrected chi connectivity index (χ4v) is 69.4. The molecule has 0 aromatic rings. The molecule has 8 unspecified atom stereocenters. The van der Waals surface area contributed by atoms with E-state index in [0.717, 1.165) is 106 Å². The Balaban J connectivity index is 0.000000750. The zero-order valence-electron chi connectivity index (χ0n) is 93.5. The highest BCUT2D eigenvalue weighted by molar-refractivity contribution is 6.84. The van der Waals surface area contributed by atoms with Gasteiger partial charge in [-0.3, -0.25) is 29.0 Å². The van der Waals surface area contributed by atoms with E-state index in [1.807, 2.05) is 6.92 Å². The van der Waals surface area contributed by atoms with Crippen LogP contribution < -0.4 is 0 Å². The Labute approximate surface area is 876 Å². The lowest BCUT2D eigenvalue weighted by Crippen LogP contribution is -2.69. The average molecular weight is 2360 g/mol. The van der Waals surface area contributed by atoms with Gasteiger partial charge >= 0.3 is 125 Å². The summed E-state index contributed by atoms with van der Waals surface area (Å²) in [7, 11) is -2.08. The van der Waals surface area contributed by atoms with Crippen LogP contribution in [-0.2, 0) is 203 Å². The molecule has 4 aliphatic rings. The van der Waals surface area contributed by atoms with Gasteiger partial charge in [-0.1, -0.05) is 99.7 Å². The van der Waals surface area contributed by atoms with Crippen LogP contribution in [0.3, 0.4) is 0 Å². The van der Waals surface area contributed by atoms with Crippen LogP contribution in [0.25, 0.3) is 0 Å². The number of imide groups is 2. The maximum atomic E-state index is 14.7. The Bertz CT molecular complexity index is 3020. The minimum Gasteiger partial charge on any atom is -0.377 e. The van der Waals surface area contributed by atoms with E-state index >= 15 is 0 Å². The van der Waals surface area contributed by atoms with Gasteiger partial charge in [-0.2, -0.15) is 0 Å². The number of carbonyl (C=O) groups is 4. The number of nitrogens with zero attached hydrogens (tertiary/aromatic N) is 2. The SMILES string of the molecule is CCN1C(=O)C2C(CC[Si](CCC[Si](OC)(OC)OC)(CCC[Si](OC)(OC)OC)CCC[Si](OC)(OC)OC)CC(CC[Si](CCC[Si](OC)(OC)OC)(CCC[Si](OC)(OC)OC)CCC[Si](OC)(OC)OC)C2C1=O.CCN1C(=O)C2C(CC[Si](O[Si](OC)(OC)OC)(O[Si](OC)(OC)OC)O[Si](OC)(OC)OC)CC(CC[Si](O[Si](OC)(OC)OC)(O[Si](OC)(OC)OC)O[Si](OC)(OC)OC)C2C1=O. The van der Waals surface area contributed by atoms with Gasteiger partial charge in [-0.25, -0.2) is 0 Å². The van der Waals surface area contributed by atoms with Crippen molar-refractivity contribution in [2.45, 2.75) is 188 Å². The lowest BCUT2D eigenvalue weighted by molar-refractivity contribution is -0.142. The molecular weight excluding hydrogens is 2170 g/mol. The first-order valence-corrected chi connectivity index (χ1v) is 79.2. The van der Waals surface area contributed by atoms with Gasteiger partial charge in [0.15, 0.2) is 0 Å². The van der Waals surface area contributed by atoms with Gasteiger partial charge in [-0.15, -0.1) is 0 Å². The number of rotatable bonds is 86. The summed E-state index contributed by atoms with van der Waals surface area (Å²) in [5.74, 6) is -4.12. The summed E-state index contributed by atoms with van der Waals surface area (Å²) in [5.41, 5.74) is 0. The maximum Gasteiger partial charge on any atom is 0.671 e. The number of amides is 4. The van der Waals surface area contributed by atoms with Gasteiger partial charge in [0.2, 0.25) is 23.6 Å². The van der Waals surface area contributed by atoms with Crippen molar-refractivity contribution in [3.05, 3.63) is 0 Å². The topological polar surface area (TPSA) is 462 Å². The summed E-state index contributed by atoms with van der Waals surface area (Å²) in [6.07, 6.45) is 8.19. The maximum absolute atomic E-state index is 14.7. The number of carbonyl (C=O) groups excluding carboxylic acids is 4. The summed E-state index contributed by atoms with van der Waals surface area (Å²) in [6, 6.07) is 11.7. The first kappa shape index (κ1) is 138. The molecule has 144 heavy (non-hydrogen) atoms. The van der Waals surface area contributed by atoms with Gasteiger partial charge in [-0.05, 0) is 63.2 Å². The minimum absolute atomic E-state index is 0.0148. The van der Waals surface area contributed by atoms with Gasteiger partial charge in [0.1, 0.15) is 0 Å². The van der Waals surface area contributed by atoms with Crippen LogP contribution in [0.5, 0.6) is 0 Å². The molecule has 2 heterocycles. The number of fused-ring (bicyclic) bond motifs is 2. The third-order valence-electron chi connectivity index (χ3n) is 29.5. The normalized spacial score (nSPS) is 19.8. The Morgan fingerprint density at radius 2 is 0.312 bits per heavy atom. The predicted molar refractivity (Wildman–Crippen MR) is 556 cm³/mol. The molecule has 0 aromatic carbocycles. The minimum atomic E-state index is -4.57. The molecule has 0 spiro atoms. The van der Waals surface area contributed by atoms with Crippen molar-refractivity contribution in [1.29, 1.82) is 0 Å². The molecule has 0 N–H and O–H groups in total. The molecule has 4 amide bonds. The summed E-state index contributed by atoms with van der Waals surface area (Å²) < 4.78 is 250. The van der Waals surface area contributed by atoms with E-state index in [-0.39, 0.29) is 85.2 Å². The van der Waals surface area contributed by atoms with Crippen LogP contribution in [0, 0.1) is 47.3 Å². The van der Waals surface area contributed by atoms with Crippen molar-refractivity contribution in [1.82, 2.24) is 9.80 Å². The zero-order chi connectivity index (χ0) is 109. The van der Waals surface area contributed by atoms with E-state index in [4.69, 9.17) is 184 Å². The largest absolute Gasteiger partial charge is 0.671 e. The lowest BCUT2D eigenvalue weighted by atomic mass is 9.87. The molecule has 2 saturated carbocycles. The standard InChI is InChI=1S/C49H109NO20Si8.C31H73NO26Si8/c1-20-50-48(51)46-44(27-41-71(29-21-35-73(53-2,54-3)55-4,30-22-36-74(56-5,57-6)58-7)31-23-37-75(59-8,60-9)61-10)43-45(47(46)49(50)52)28-42-72(32-24-38-76(62-11,63-12)64-13,33-25-39-77(65-14,66-15)67-16)34-26-40-78(68-17,69-18)70-19;1-20-32-30(33)28-26(21-23-59(53-61(35-2,36-3)37-4,54-62(38-5,39-6)40-7)55-63(41-8,42-9)43-10)25-27(29(28)31(32)34)22-24-60(56-64(44-11,45-12)46-13,57-65(47-14,48-15)49-16)58-66(50-17,51-18)52-19/h44-47H,20-43H2,1-19H3;26-29H,20-25H2,1-19H3. The predicted octanol–water partition coefficient (Wildman–Crippen LogP) is 8.78. The van der Waals surface area contributed by atoms with E-state index in [2.05, 4.69) is 0 Å². The van der Waals surface area contributed by atoms with Crippen LogP contribution >= 0.6 is 0 Å². The third kappa shape index (κ3) is 35.0. The highest BCUT2D eigenvalue weighted by Crippen LogP contribution is 2.56. The summed E-state index contributed by atoms with van der Waals surface area (Å²) >= 11 is 0. The summed E-state index contributed by atoms with van der Waals surface area (Å²) in [5, 5.41) is 0. The third-order valence-corrected chi connectivity index (χ3v) is 82.0. The highest BCUT2D eigenvalue weighted by atomic mass is 28.5. The van der Waals surface area contributed by atoms with Gasteiger partial charge in [0.05, 0.1) is 39.8 Å². The van der Waals surface area contributed by atoms with E-state index in [1.54, 1.807) is 140 Å². The Morgan fingerprint density at radius 3 is 0.431 bits per heavy atom. The van der Waals surface area contributed by atoms with Gasteiger partial charge in [0.25, 0.3) is 0 Å². The van der Waals surface area contributed by atoms with E-state index in [9.17, 15) is 19.2 Å². The van der Waals surface area contributed by atoms with Gasteiger partial charge < -0.3 is 184 Å². The molecule has 4 rings (SSSR count). The second-order valence-corrected chi connectivity index (χ2v) is 85.7. The molecule has 852 valence electrons. The van der Waals surface area contributed by atoms with Crippen molar-refractivity contribution in [2.24, 2.45) is 47.3 Å². The summed E-state index contributed by atoms with van der Waals surface area (Å²) in [6.45, 7) is 4.13. The molecule has 2 aliphatic carbocycles. The van der Waals surface area contributed by atoms with Crippen LogP contribution in [0.15, 0.2) is 0 Å². The Hall–Kier alpha value is 0.0701. The zero-order valence-corrected chi connectivity index (χ0v) is 110. The smallest absolute Gasteiger partial charge is 0.377 e. The fraction of sp³-hybridized carbons (Fsp3) is 0.950. The molecule has 0 radical (unpaired) electrons. The molecule has 48 nitrogen and oxygen atoms in total. The number of likely N-dealkylation sites (tertiary alicyclic amines) is 2. The molecule has 2 aliphatic heterocycles. The van der Waals surface area contributed by atoms with E-state index in [1.165, 1.54) is 133 Å². The molecular formula is C80H182N2O46Si16. The van der Waals surface area contributed by atoms with Crippen molar-refractivity contribution < 1.29 is 203 Å². The first-order chi connectivity index (χ1) is 68.6. The van der Waals surface area contributed by atoms with Crippen LogP contribution in [-0.4, -0.2) is 443 Å². The Morgan fingerprint density at radius 1 is 0.181 bits per heavy atom. The van der Waals surface area contributed by atoms with Crippen LogP contribution in [0.1, 0.15) is 90.9 Å². The van der Waals surface area contributed by atoms with Crippen molar-refractivity contribution >= 4 is 164 Å². The van der Waals surface area contributed by atoms with Gasteiger partial charge in [0, 0.05) is 317 Å². The van der Waals surface area contributed by atoms with Crippen molar-refractivity contribution in [3.63, 3.8) is 0 Å². The van der Waals surface area contributed by atoms with E-state index in [0.29, 0.717) is 42.8 Å². The van der Waals surface area contributed by atoms with E-state index < -0.39 is 165 Å². The molecule has 0 bridgehead atoms. The Kier molecular flexibility index (Phi) is 62.8. The lowest BCUT2D eigenvalue weighted by Gasteiger charge is -2.42. The first-order valence-electron chi connectivity index (χ1n) is 48.3.